The fourth-order valence-electron chi connectivity index (χ4n) is 1.78. The van der Waals surface area contributed by atoms with Crippen molar-refractivity contribution in [3.05, 3.63) is 12.2 Å². The van der Waals surface area contributed by atoms with Gasteiger partial charge in [-0.25, -0.2) is 0 Å². The summed E-state index contributed by atoms with van der Waals surface area (Å²) in [6.45, 7) is 0. The lowest BCUT2D eigenvalue weighted by atomic mass is 10.0. The summed E-state index contributed by atoms with van der Waals surface area (Å²) in [7, 11) is 0. The Hall–Kier alpha value is 2.14. The van der Waals surface area contributed by atoms with Crippen LogP contribution < -0.4 is 0 Å². The molecule has 0 saturated heterocycles. The molecule has 1 aliphatic carbocycles. The van der Waals surface area contributed by atoms with Gasteiger partial charge in [-0.15, -0.1) is 0 Å². The molecule has 17 heavy (non-hydrogen) atoms. The lowest BCUT2D eigenvalue weighted by Crippen LogP contribution is -2.20. The van der Waals surface area contributed by atoms with Gasteiger partial charge in [0.2, 0.25) is 0 Å². The van der Waals surface area contributed by atoms with Crippen LogP contribution >= 0.6 is 79.6 Å². The average Bonchev–Trinajstić information content (AvgIpc) is 2.31. The van der Waals surface area contributed by atoms with Gasteiger partial charge in [-0.05, 0) is 32.1 Å². The van der Waals surface area contributed by atoms with Crippen molar-refractivity contribution < 1.29 is 0 Å². The second-order valence-corrected chi connectivity index (χ2v) is 10.3. The van der Waals surface area contributed by atoms with E-state index in [0.717, 1.165) is 6.42 Å². The zero-order valence-corrected chi connectivity index (χ0v) is 17.4. The Morgan fingerprint density at radius 2 is 1.12 bits per heavy atom. The third-order valence-corrected chi connectivity index (χ3v) is 9.41. The average molecular weight is 561 g/mol. The third-order valence-electron chi connectivity index (χ3n) is 2.93. The molecule has 0 bridgehead atoms. The number of hydrogen-bond donors (Lipinski definition) is 0. The summed E-state index contributed by atoms with van der Waals surface area (Å²) >= 11 is 18.8. The fourth-order valence-corrected chi connectivity index (χ4v) is 4.28. The summed E-state index contributed by atoms with van der Waals surface area (Å²) in [5, 5.41) is 0. The van der Waals surface area contributed by atoms with Crippen molar-refractivity contribution in [1.29, 1.82) is 0 Å². The molecule has 1 aliphatic rings. The van der Waals surface area contributed by atoms with Crippen molar-refractivity contribution in [3.8, 4) is 0 Å². The number of alkyl halides is 5. The lowest BCUT2D eigenvalue weighted by Gasteiger charge is -2.22. The summed E-state index contributed by atoms with van der Waals surface area (Å²) in [6, 6.07) is 0. The molecular weight excluding hydrogens is 544 g/mol. The van der Waals surface area contributed by atoms with Crippen LogP contribution in [0.25, 0.3) is 0 Å². The van der Waals surface area contributed by atoms with Crippen molar-refractivity contribution in [2.75, 3.05) is 0 Å². The van der Waals surface area contributed by atoms with Crippen LogP contribution in [0.3, 0.4) is 0 Å². The Kier molecular flexibility index (Phi) is 9.25. The Balaban J connectivity index is 2.61. The van der Waals surface area contributed by atoms with Crippen LogP contribution in [0, 0.1) is 0 Å². The molecule has 1 rings (SSSR count). The van der Waals surface area contributed by atoms with Crippen LogP contribution in [0.1, 0.15) is 32.1 Å². The van der Waals surface area contributed by atoms with Crippen LogP contribution in [-0.2, 0) is 0 Å². The Bertz CT molecular complexity index is 243. The van der Waals surface area contributed by atoms with Crippen LogP contribution in [0.4, 0.5) is 0 Å². The predicted molar refractivity (Wildman–Crippen MR) is 95.8 cm³/mol. The highest BCUT2D eigenvalue weighted by Crippen LogP contribution is 2.30. The van der Waals surface area contributed by atoms with Gasteiger partial charge in [-0.3, -0.25) is 0 Å². The van der Waals surface area contributed by atoms with Gasteiger partial charge < -0.3 is 0 Å². The molecule has 0 radical (unpaired) electrons. The molecular formula is C12H17Br5. The van der Waals surface area contributed by atoms with E-state index in [0.29, 0.717) is 24.1 Å². The molecule has 0 aliphatic heterocycles. The summed E-state index contributed by atoms with van der Waals surface area (Å²) < 4.78 is 0. The fraction of sp³-hybridized carbons (Fsp3) is 0.833. The number of halogens is 5. The van der Waals surface area contributed by atoms with E-state index in [1.807, 2.05) is 0 Å². The number of hydrogen-bond acceptors (Lipinski definition) is 0. The minimum absolute atomic E-state index is 0.496. The second kappa shape index (κ2) is 9.15. The number of rotatable bonds is 0. The van der Waals surface area contributed by atoms with Crippen molar-refractivity contribution in [2.24, 2.45) is 0 Å². The van der Waals surface area contributed by atoms with Gasteiger partial charge in [0, 0.05) is 24.1 Å². The van der Waals surface area contributed by atoms with E-state index in [9.17, 15) is 0 Å². The largest absolute Gasteiger partial charge is 0.0879 e. The van der Waals surface area contributed by atoms with Crippen molar-refractivity contribution >= 4 is 79.6 Å². The van der Waals surface area contributed by atoms with E-state index in [2.05, 4.69) is 91.8 Å². The smallest absolute Gasteiger partial charge is 0.0325 e. The van der Waals surface area contributed by atoms with Gasteiger partial charge in [0.05, 0.1) is 0 Å². The van der Waals surface area contributed by atoms with Crippen molar-refractivity contribution in [2.45, 2.75) is 56.2 Å². The monoisotopic (exact) mass is 556 g/mol. The number of allylic oxidation sites excluding steroid dienone is 2. The Morgan fingerprint density at radius 3 is 1.71 bits per heavy atom. The zero-order valence-electron chi connectivity index (χ0n) is 9.47. The topological polar surface area (TPSA) is 0 Å². The predicted octanol–water partition coefficient (Wildman–Crippen LogP) is 6.32. The van der Waals surface area contributed by atoms with Crippen molar-refractivity contribution in [3.63, 3.8) is 0 Å². The van der Waals surface area contributed by atoms with Gasteiger partial charge in [-0.1, -0.05) is 91.8 Å². The highest BCUT2D eigenvalue weighted by atomic mass is 79.9. The molecule has 0 saturated carbocycles. The van der Waals surface area contributed by atoms with Crippen LogP contribution in [0.5, 0.6) is 0 Å². The SMILES string of the molecule is BrC1/C=C\CC(Br)C(Br)CCC(Br)C(Br)CC1. The van der Waals surface area contributed by atoms with Gasteiger partial charge in [0.15, 0.2) is 0 Å². The maximum Gasteiger partial charge on any atom is 0.0325 e. The maximum atomic E-state index is 3.79. The Labute approximate surface area is 146 Å². The zero-order chi connectivity index (χ0) is 12.8. The summed E-state index contributed by atoms with van der Waals surface area (Å²) in [5.41, 5.74) is 0. The molecule has 0 fully saturated rings. The molecule has 100 valence electrons. The molecule has 0 aromatic heterocycles. The molecule has 0 N–H and O–H groups in total. The van der Waals surface area contributed by atoms with E-state index in [1.54, 1.807) is 0 Å². The lowest BCUT2D eigenvalue weighted by molar-refractivity contribution is 0.618. The van der Waals surface area contributed by atoms with E-state index >= 15 is 0 Å². The van der Waals surface area contributed by atoms with Gasteiger partial charge in [0.25, 0.3) is 0 Å². The van der Waals surface area contributed by atoms with E-state index in [4.69, 9.17) is 0 Å². The first kappa shape index (κ1) is 17.2. The molecule has 0 amide bonds. The molecule has 5 atom stereocenters. The minimum Gasteiger partial charge on any atom is -0.0879 e. The first-order chi connectivity index (χ1) is 8.00. The highest BCUT2D eigenvalue weighted by Gasteiger charge is 2.21. The van der Waals surface area contributed by atoms with Gasteiger partial charge >= 0.3 is 0 Å². The molecule has 5 unspecified atom stereocenters. The molecule has 0 heterocycles. The normalized spacial score (nSPS) is 43.5. The van der Waals surface area contributed by atoms with E-state index < -0.39 is 0 Å². The van der Waals surface area contributed by atoms with Gasteiger partial charge in [0.1, 0.15) is 0 Å². The molecule has 0 nitrogen and oxygen atoms in total. The van der Waals surface area contributed by atoms with Crippen LogP contribution in [-0.4, -0.2) is 24.1 Å². The molecule has 0 spiro atoms. The summed E-state index contributed by atoms with van der Waals surface area (Å²) in [4.78, 5) is 2.68. The maximum absolute atomic E-state index is 3.79. The quantitative estimate of drug-likeness (QED) is 0.240. The van der Waals surface area contributed by atoms with Crippen LogP contribution in [0.15, 0.2) is 12.2 Å². The Morgan fingerprint density at radius 1 is 0.647 bits per heavy atom. The minimum atomic E-state index is 0.496. The molecule has 5 heteroatoms. The summed E-state index contributed by atoms with van der Waals surface area (Å²) in [6.07, 6.45) is 10.4. The first-order valence-electron chi connectivity index (χ1n) is 5.87. The van der Waals surface area contributed by atoms with Crippen LogP contribution in [0.2, 0.25) is 0 Å². The summed E-state index contributed by atoms with van der Waals surface area (Å²) in [5.74, 6) is 0. The first-order valence-corrected chi connectivity index (χ1v) is 10.5. The van der Waals surface area contributed by atoms with Gasteiger partial charge in [-0.2, -0.15) is 0 Å². The standard InChI is InChI=1S/C12H17Br5/c13-8-2-1-3-9(14)11(16)6-7-12(17)10(15)5-4-8/h1-2,8-12H,3-7H2/b2-1-. The molecule has 0 aromatic carbocycles. The van der Waals surface area contributed by atoms with Crippen molar-refractivity contribution in [1.82, 2.24) is 0 Å². The van der Waals surface area contributed by atoms with E-state index in [1.165, 1.54) is 25.7 Å². The highest BCUT2D eigenvalue weighted by molar-refractivity contribution is 9.12. The second-order valence-electron chi connectivity index (χ2n) is 4.40. The van der Waals surface area contributed by atoms with E-state index in [-0.39, 0.29) is 0 Å². The molecule has 0 aromatic rings. The third kappa shape index (κ3) is 6.92.